The molecular formula is C20H28ClN3O4. The molecule has 3 amide bonds. The summed E-state index contributed by atoms with van der Waals surface area (Å²) in [6.07, 6.45) is 2.69. The number of carbonyl (C=O) groups is 3. The van der Waals surface area contributed by atoms with Crippen molar-refractivity contribution in [2.24, 2.45) is 11.3 Å². The maximum Gasteiger partial charge on any atom is 0.251 e. The fourth-order valence-electron chi connectivity index (χ4n) is 3.85. The summed E-state index contributed by atoms with van der Waals surface area (Å²) in [6, 6.07) is 7.23. The molecule has 0 aromatic heterocycles. The molecule has 0 aliphatic carbocycles. The molecule has 3 N–H and O–H groups in total. The van der Waals surface area contributed by atoms with E-state index in [1.54, 1.807) is 19.2 Å². The van der Waals surface area contributed by atoms with Crippen molar-refractivity contribution in [3.63, 3.8) is 0 Å². The Balaban J connectivity index is 0.00000280. The number of rotatable bonds is 7. The van der Waals surface area contributed by atoms with E-state index in [1.165, 1.54) is 0 Å². The molecule has 1 aromatic carbocycles. The molecule has 154 valence electrons. The molecule has 3 rings (SSSR count). The van der Waals surface area contributed by atoms with Crippen LogP contribution in [0.2, 0.25) is 0 Å². The average Bonchev–Trinajstić information content (AvgIpc) is 2.98. The first-order chi connectivity index (χ1) is 13.0. The molecule has 2 heterocycles. The number of halogens is 1. The van der Waals surface area contributed by atoms with E-state index in [-0.39, 0.29) is 47.9 Å². The van der Waals surface area contributed by atoms with Gasteiger partial charge in [0, 0.05) is 31.1 Å². The zero-order valence-electron chi connectivity index (χ0n) is 16.1. The normalized spacial score (nSPS) is 21.0. The summed E-state index contributed by atoms with van der Waals surface area (Å²) in [4.78, 5) is 35.5. The van der Waals surface area contributed by atoms with Crippen LogP contribution in [0.25, 0.3) is 0 Å². The Labute approximate surface area is 171 Å². The monoisotopic (exact) mass is 409 g/mol. The van der Waals surface area contributed by atoms with E-state index in [4.69, 9.17) is 4.74 Å². The van der Waals surface area contributed by atoms with Crippen molar-refractivity contribution < 1.29 is 19.1 Å². The van der Waals surface area contributed by atoms with E-state index < -0.39 is 0 Å². The fourth-order valence-corrected chi connectivity index (χ4v) is 3.85. The lowest BCUT2D eigenvalue weighted by Gasteiger charge is -2.37. The van der Waals surface area contributed by atoms with Crippen LogP contribution in [0.3, 0.4) is 0 Å². The van der Waals surface area contributed by atoms with Crippen LogP contribution >= 0.6 is 12.4 Å². The highest BCUT2D eigenvalue weighted by atomic mass is 35.5. The average molecular weight is 410 g/mol. The Morgan fingerprint density at radius 3 is 2.46 bits per heavy atom. The number of piperidine rings is 1. The molecule has 7 nitrogen and oxygen atoms in total. The van der Waals surface area contributed by atoms with Crippen molar-refractivity contribution in [1.82, 2.24) is 16.0 Å². The van der Waals surface area contributed by atoms with E-state index in [9.17, 15) is 14.4 Å². The molecule has 2 saturated heterocycles. The first-order valence-corrected chi connectivity index (χ1v) is 9.42. The first-order valence-electron chi connectivity index (χ1n) is 9.42. The number of carbonyl (C=O) groups excluding carboxylic acids is 3. The lowest BCUT2D eigenvalue weighted by Crippen LogP contribution is -2.47. The molecule has 1 unspecified atom stereocenters. The maximum atomic E-state index is 12.5. The summed E-state index contributed by atoms with van der Waals surface area (Å²) in [5.41, 5.74) is 1.51. The lowest BCUT2D eigenvalue weighted by molar-refractivity contribution is -0.125. The van der Waals surface area contributed by atoms with Crippen LogP contribution in [0.15, 0.2) is 24.3 Å². The Bertz CT molecular complexity index is 696. The number of methoxy groups -OCH3 is 1. The van der Waals surface area contributed by atoms with Crippen LogP contribution in [0, 0.1) is 11.3 Å². The molecule has 2 aliphatic heterocycles. The van der Waals surface area contributed by atoms with Gasteiger partial charge in [0.1, 0.15) is 0 Å². The Morgan fingerprint density at radius 1 is 1.21 bits per heavy atom. The quantitative estimate of drug-likeness (QED) is 0.585. The highest BCUT2D eigenvalue weighted by Gasteiger charge is 2.33. The predicted molar refractivity (Wildman–Crippen MR) is 107 cm³/mol. The molecular weight excluding hydrogens is 382 g/mol. The number of amides is 3. The minimum atomic E-state index is -0.314. The molecule has 1 aromatic rings. The lowest BCUT2D eigenvalue weighted by atomic mass is 9.79. The van der Waals surface area contributed by atoms with Gasteiger partial charge in [-0.15, -0.1) is 12.4 Å². The second kappa shape index (κ2) is 10.0. The van der Waals surface area contributed by atoms with Gasteiger partial charge in [-0.2, -0.15) is 0 Å². The summed E-state index contributed by atoms with van der Waals surface area (Å²) in [6.45, 7) is 3.10. The Hall–Kier alpha value is -1.96. The molecule has 2 aliphatic rings. The zero-order valence-corrected chi connectivity index (χ0v) is 16.9. The molecule has 0 spiro atoms. The molecule has 0 bridgehead atoms. The van der Waals surface area contributed by atoms with Gasteiger partial charge in [-0.1, -0.05) is 12.1 Å². The largest absolute Gasteiger partial charge is 0.384 e. The van der Waals surface area contributed by atoms with E-state index in [1.807, 2.05) is 12.1 Å². The van der Waals surface area contributed by atoms with Crippen molar-refractivity contribution in [1.29, 1.82) is 0 Å². The zero-order chi connectivity index (χ0) is 19.3. The second-order valence-corrected chi connectivity index (χ2v) is 7.58. The minimum Gasteiger partial charge on any atom is -0.384 e. The fraction of sp³-hybridized carbons (Fsp3) is 0.550. The van der Waals surface area contributed by atoms with Crippen LogP contribution < -0.4 is 16.0 Å². The number of hydrogen-bond acceptors (Lipinski definition) is 5. The van der Waals surface area contributed by atoms with Crippen LogP contribution in [-0.2, 0) is 20.7 Å². The van der Waals surface area contributed by atoms with Crippen LogP contribution in [0.4, 0.5) is 0 Å². The van der Waals surface area contributed by atoms with Gasteiger partial charge >= 0.3 is 0 Å². The second-order valence-electron chi connectivity index (χ2n) is 7.58. The van der Waals surface area contributed by atoms with Crippen LogP contribution in [-0.4, -0.2) is 51.1 Å². The van der Waals surface area contributed by atoms with Crippen molar-refractivity contribution in [2.45, 2.75) is 25.7 Å². The number of ether oxygens (including phenoxy) is 1. The van der Waals surface area contributed by atoms with Crippen LogP contribution in [0.1, 0.15) is 35.2 Å². The summed E-state index contributed by atoms with van der Waals surface area (Å²) in [5, 5.41) is 8.71. The SMILES string of the molecule is COCC1(CNC(=O)c2ccc(CC3CC(=O)NC3=O)cc2)CCNCC1.Cl. The van der Waals surface area contributed by atoms with Gasteiger partial charge in [-0.25, -0.2) is 0 Å². The number of benzene rings is 1. The van der Waals surface area contributed by atoms with Gasteiger partial charge in [0.25, 0.3) is 5.91 Å². The topological polar surface area (TPSA) is 96.5 Å². The minimum absolute atomic E-state index is 0. The van der Waals surface area contributed by atoms with E-state index in [2.05, 4.69) is 16.0 Å². The van der Waals surface area contributed by atoms with Gasteiger partial charge in [0.05, 0.1) is 12.5 Å². The first kappa shape index (κ1) is 22.3. The van der Waals surface area contributed by atoms with E-state index >= 15 is 0 Å². The predicted octanol–water partition coefficient (Wildman–Crippen LogP) is 1.06. The number of imide groups is 1. The standard InChI is InChI=1S/C20H27N3O4.ClH/c1-27-13-20(6-8-21-9-7-20)12-22-18(25)15-4-2-14(3-5-15)10-16-11-17(24)23-19(16)26;/h2-5,16,21H,6-13H2,1H3,(H,22,25)(H,23,24,26);1H. The Morgan fingerprint density at radius 2 is 1.89 bits per heavy atom. The third-order valence-electron chi connectivity index (χ3n) is 5.50. The third kappa shape index (κ3) is 5.53. The Kier molecular flexibility index (Phi) is 7.98. The van der Waals surface area contributed by atoms with Crippen molar-refractivity contribution in [2.75, 3.05) is 33.4 Å². The summed E-state index contributed by atoms with van der Waals surface area (Å²) in [5.74, 6) is -0.855. The van der Waals surface area contributed by atoms with Crippen molar-refractivity contribution >= 4 is 30.1 Å². The molecule has 28 heavy (non-hydrogen) atoms. The number of hydrogen-bond donors (Lipinski definition) is 3. The maximum absolute atomic E-state index is 12.5. The van der Waals surface area contributed by atoms with Gasteiger partial charge in [0.15, 0.2) is 0 Å². The summed E-state index contributed by atoms with van der Waals surface area (Å²) < 4.78 is 5.38. The van der Waals surface area contributed by atoms with Gasteiger partial charge in [0.2, 0.25) is 11.8 Å². The van der Waals surface area contributed by atoms with Gasteiger partial charge in [-0.3, -0.25) is 19.7 Å². The van der Waals surface area contributed by atoms with Crippen molar-refractivity contribution in [3.05, 3.63) is 35.4 Å². The van der Waals surface area contributed by atoms with Crippen molar-refractivity contribution in [3.8, 4) is 0 Å². The van der Waals surface area contributed by atoms with E-state index in [0.717, 1.165) is 31.5 Å². The summed E-state index contributed by atoms with van der Waals surface area (Å²) in [7, 11) is 1.70. The molecule has 0 radical (unpaired) electrons. The van der Waals surface area contributed by atoms with Crippen LogP contribution in [0.5, 0.6) is 0 Å². The van der Waals surface area contributed by atoms with E-state index in [0.29, 0.717) is 25.1 Å². The molecule has 0 saturated carbocycles. The highest BCUT2D eigenvalue weighted by Crippen LogP contribution is 2.28. The summed E-state index contributed by atoms with van der Waals surface area (Å²) >= 11 is 0. The molecule has 2 fully saturated rings. The van der Waals surface area contributed by atoms with Gasteiger partial charge < -0.3 is 15.4 Å². The smallest absolute Gasteiger partial charge is 0.251 e. The number of nitrogens with one attached hydrogen (secondary N) is 3. The third-order valence-corrected chi connectivity index (χ3v) is 5.50. The highest BCUT2D eigenvalue weighted by molar-refractivity contribution is 6.03. The van der Waals surface area contributed by atoms with Gasteiger partial charge in [-0.05, 0) is 50.0 Å². The molecule has 1 atom stereocenters. The molecule has 8 heteroatoms.